The monoisotopic (exact) mass is 397 g/mol. The van der Waals surface area contributed by atoms with Gasteiger partial charge in [-0.3, -0.25) is 0 Å². The Labute approximate surface area is 162 Å². The van der Waals surface area contributed by atoms with Gasteiger partial charge in [-0.2, -0.15) is 9.42 Å². The molecule has 0 unspecified atom stereocenters. The topological polar surface area (TPSA) is 91.6 Å². The van der Waals surface area contributed by atoms with Crippen molar-refractivity contribution in [3.05, 3.63) is 60.7 Å². The second kappa shape index (κ2) is 7.67. The van der Waals surface area contributed by atoms with E-state index < -0.39 is 10.0 Å². The molecular weight excluding hydrogens is 378 g/mol. The molecule has 144 valence electrons. The first-order valence-corrected chi connectivity index (χ1v) is 10.3. The van der Waals surface area contributed by atoms with Crippen LogP contribution in [0.1, 0.15) is 0 Å². The van der Waals surface area contributed by atoms with Gasteiger partial charge in [0.1, 0.15) is 5.75 Å². The van der Waals surface area contributed by atoms with E-state index in [0.29, 0.717) is 37.7 Å². The second-order valence-corrected chi connectivity index (χ2v) is 8.33. The normalized spacial score (nSPS) is 16.0. The summed E-state index contributed by atoms with van der Waals surface area (Å²) >= 11 is 0. The van der Waals surface area contributed by atoms with Gasteiger partial charge in [-0.25, -0.2) is 8.42 Å². The van der Waals surface area contributed by atoms with Gasteiger partial charge in [0.2, 0.25) is 10.0 Å². The van der Waals surface area contributed by atoms with Crippen LogP contribution in [-0.4, -0.2) is 44.1 Å². The minimum Gasteiger partial charge on any atom is -0.508 e. The van der Waals surface area contributed by atoms with Crippen molar-refractivity contribution in [3.8, 4) is 5.75 Å². The zero-order valence-electron chi connectivity index (χ0n) is 15.0. The van der Waals surface area contributed by atoms with Crippen molar-refractivity contribution in [2.24, 2.45) is 10.2 Å². The highest BCUT2D eigenvalue weighted by Gasteiger charge is 2.26. The molecule has 0 saturated carbocycles. The summed E-state index contributed by atoms with van der Waals surface area (Å²) in [6.45, 7) is 1.52. The number of aromatic hydroxyl groups is 1. The van der Waals surface area contributed by atoms with Crippen LogP contribution in [0.4, 0.5) is 11.4 Å². The third kappa shape index (κ3) is 3.75. The number of benzene rings is 3. The molecule has 1 saturated heterocycles. The van der Waals surface area contributed by atoms with E-state index in [-0.39, 0.29) is 10.6 Å². The molecule has 3 aromatic carbocycles. The van der Waals surface area contributed by atoms with Gasteiger partial charge in [-0.1, -0.05) is 24.3 Å². The predicted molar refractivity (Wildman–Crippen MR) is 106 cm³/mol. The van der Waals surface area contributed by atoms with E-state index >= 15 is 0 Å². The summed E-state index contributed by atoms with van der Waals surface area (Å²) in [7, 11) is -3.53. The van der Waals surface area contributed by atoms with Crippen LogP contribution >= 0.6 is 0 Å². The summed E-state index contributed by atoms with van der Waals surface area (Å²) in [6, 6.07) is 17.1. The molecule has 1 aliphatic heterocycles. The van der Waals surface area contributed by atoms with Gasteiger partial charge < -0.3 is 9.84 Å². The molecule has 1 heterocycles. The summed E-state index contributed by atoms with van der Waals surface area (Å²) in [4.78, 5) is 0.219. The number of hydrogen-bond donors (Lipinski definition) is 1. The molecule has 0 amide bonds. The lowest BCUT2D eigenvalue weighted by molar-refractivity contribution is 0.0730. The van der Waals surface area contributed by atoms with Gasteiger partial charge in [0.05, 0.1) is 29.5 Å². The van der Waals surface area contributed by atoms with Gasteiger partial charge in [-0.05, 0) is 35.7 Å². The van der Waals surface area contributed by atoms with Crippen molar-refractivity contribution in [2.45, 2.75) is 4.90 Å². The number of phenols is 1. The van der Waals surface area contributed by atoms with E-state index in [1.165, 1.54) is 16.4 Å². The number of sulfonamides is 1. The van der Waals surface area contributed by atoms with Crippen molar-refractivity contribution < 1.29 is 18.3 Å². The van der Waals surface area contributed by atoms with Crippen LogP contribution in [0.25, 0.3) is 10.8 Å². The van der Waals surface area contributed by atoms with Crippen molar-refractivity contribution in [1.29, 1.82) is 0 Å². The average Bonchev–Trinajstić information content (AvgIpc) is 2.73. The number of hydrogen-bond acceptors (Lipinski definition) is 6. The molecule has 0 bridgehead atoms. The molecule has 8 heteroatoms. The van der Waals surface area contributed by atoms with Crippen LogP contribution in [0.5, 0.6) is 5.75 Å². The highest BCUT2D eigenvalue weighted by atomic mass is 32.2. The first-order valence-electron chi connectivity index (χ1n) is 8.85. The molecule has 1 N–H and O–H groups in total. The molecule has 0 spiro atoms. The Bertz CT molecular complexity index is 1120. The van der Waals surface area contributed by atoms with E-state index in [1.807, 2.05) is 24.3 Å². The molecule has 0 atom stereocenters. The van der Waals surface area contributed by atoms with Gasteiger partial charge in [0, 0.05) is 24.5 Å². The van der Waals surface area contributed by atoms with Crippen molar-refractivity contribution >= 4 is 32.2 Å². The lowest BCUT2D eigenvalue weighted by Crippen LogP contribution is -2.40. The third-order valence-corrected chi connectivity index (χ3v) is 6.46. The molecule has 0 aliphatic carbocycles. The SMILES string of the molecule is O=S(=O)(c1ccc(N=Nc2cc(O)cc3ccccc23)cc1)N1CCOCC1. The third-order valence-electron chi connectivity index (χ3n) is 4.54. The van der Waals surface area contributed by atoms with Gasteiger partial charge in [0.25, 0.3) is 0 Å². The summed E-state index contributed by atoms with van der Waals surface area (Å²) in [5.41, 5.74) is 1.06. The molecule has 1 aliphatic rings. The van der Waals surface area contributed by atoms with Crippen LogP contribution in [0.15, 0.2) is 75.8 Å². The highest BCUT2D eigenvalue weighted by molar-refractivity contribution is 7.89. The molecule has 0 aromatic heterocycles. The number of ether oxygens (including phenoxy) is 1. The first kappa shape index (κ1) is 18.5. The lowest BCUT2D eigenvalue weighted by Gasteiger charge is -2.26. The summed E-state index contributed by atoms with van der Waals surface area (Å²) in [6.07, 6.45) is 0. The lowest BCUT2D eigenvalue weighted by atomic mass is 10.1. The maximum absolute atomic E-state index is 12.7. The van der Waals surface area contributed by atoms with Crippen LogP contribution in [-0.2, 0) is 14.8 Å². The Hall–Kier alpha value is -2.81. The van der Waals surface area contributed by atoms with Gasteiger partial charge in [-0.15, -0.1) is 5.11 Å². The Balaban J connectivity index is 1.58. The number of morpholine rings is 1. The Morgan fingerprint density at radius 2 is 1.64 bits per heavy atom. The van der Waals surface area contributed by atoms with Crippen LogP contribution in [0.3, 0.4) is 0 Å². The van der Waals surface area contributed by atoms with Gasteiger partial charge in [0.15, 0.2) is 0 Å². The minimum atomic E-state index is -3.53. The number of rotatable bonds is 4. The van der Waals surface area contributed by atoms with Crippen LogP contribution in [0, 0.1) is 0 Å². The van der Waals surface area contributed by atoms with Crippen molar-refractivity contribution in [1.82, 2.24) is 4.31 Å². The maximum atomic E-state index is 12.7. The van der Waals surface area contributed by atoms with E-state index in [9.17, 15) is 13.5 Å². The maximum Gasteiger partial charge on any atom is 0.243 e. The fraction of sp³-hybridized carbons (Fsp3) is 0.200. The molecule has 4 rings (SSSR count). The Morgan fingerprint density at radius 3 is 2.39 bits per heavy atom. The van der Waals surface area contributed by atoms with E-state index in [4.69, 9.17) is 4.74 Å². The second-order valence-electron chi connectivity index (χ2n) is 6.40. The molecule has 1 fully saturated rings. The smallest absolute Gasteiger partial charge is 0.243 e. The van der Waals surface area contributed by atoms with Crippen molar-refractivity contribution in [2.75, 3.05) is 26.3 Å². The fourth-order valence-electron chi connectivity index (χ4n) is 3.09. The number of fused-ring (bicyclic) bond motifs is 1. The number of nitrogens with zero attached hydrogens (tertiary/aromatic N) is 3. The molecule has 0 radical (unpaired) electrons. The Kier molecular flexibility index (Phi) is 5.08. The van der Waals surface area contributed by atoms with Crippen molar-refractivity contribution in [3.63, 3.8) is 0 Å². The molecular formula is C20H19N3O4S. The van der Waals surface area contributed by atoms with E-state index in [1.54, 1.807) is 24.3 Å². The number of phenolic OH excluding ortho intramolecular Hbond substituents is 1. The van der Waals surface area contributed by atoms with Crippen LogP contribution in [0.2, 0.25) is 0 Å². The van der Waals surface area contributed by atoms with E-state index in [0.717, 1.165) is 10.8 Å². The molecule has 7 nitrogen and oxygen atoms in total. The fourth-order valence-corrected chi connectivity index (χ4v) is 4.50. The first-order chi connectivity index (χ1) is 13.5. The van der Waals surface area contributed by atoms with Gasteiger partial charge >= 0.3 is 0 Å². The number of azo groups is 1. The molecule has 3 aromatic rings. The summed E-state index contributed by atoms with van der Waals surface area (Å²) in [5, 5.41) is 20.0. The summed E-state index contributed by atoms with van der Waals surface area (Å²) in [5.74, 6) is 0.111. The largest absolute Gasteiger partial charge is 0.508 e. The summed E-state index contributed by atoms with van der Waals surface area (Å²) < 4.78 is 31.9. The predicted octanol–water partition coefficient (Wildman–Crippen LogP) is 3.98. The standard InChI is InChI=1S/C20H19N3O4S/c24-17-13-15-3-1-2-4-19(15)20(14-17)22-21-16-5-7-18(8-6-16)28(25,26)23-9-11-27-12-10-23/h1-8,13-14,24H,9-12H2. The van der Waals surface area contributed by atoms with Crippen LogP contribution < -0.4 is 0 Å². The average molecular weight is 397 g/mol. The Morgan fingerprint density at radius 1 is 0.929 bits per heavy atom. The molecule has 28 heavy (non-hydrogen) atoms. The minimum absolute atomic E-state index is 0.111. The zero-order chi connectivity index (χ0) is 19.6. The highest BCUT2D eigenvalue weighted by Crippen LogP contribution is 2.32. The quantitative estimate of drug-likeness (QED) is 0.674. The zero-order valence-corrected chi connectivity index (χ0v) is 15.8. The van der Waals surface area contributed by atoms with E-state index in [2.05, 4.69) is 10.2 Å².